The monoisotopic (exact) mass is 456 g/mol. The maximum absolute atomic E-state index is 9.44. The van der Waals surface area contributed by atoms with E-state index in [2.05, 4.69) is 131 Å². The molecule has 0 radical (unpaired) electrons. The molecule has 0 bridgehead atoms. The molecule has 0 spiro atoms. The molecule has 35 heavy (non-hydrogen) atoms. The highest BCUT2D eigenvalue weighted by Crippen LogP contribution is 2.47. The Morgan fingerprint density at radius 1 is 0.714 bits per heavy atom. The van der Waals surface area contributed by atoms with Crippen molar-refractivity contribution < 1.29 is 0 Å². The number of anilines is 1. The van der Waals surface area contributed by atoms with Crippen molar-refractivity contribution in [3.63, 3.8) is 0 Å². The predicted molar refractivity (Wildman–Crippen MR) is 150 cm³/mol. The van der Waals surface area contributed by atoms with Crippen molar-refractivity contribution in [3.8, 4) is 0 Å². The molecule has 0 heterocycles. The summed E-state index contributed by atoms with van der Waals surface area (Å²) in [5.41, 5.74) is 13.6. The number of benzene rings is 4. The predicted octanol–water partition coefficient (Wildman–Crippen LogP) is 7.78. The fraction of sp³-hybridized carbons (Fsp3) is 0.182. The Kier molecular flexibility index (Phi) is 5.90. The highest BCUT2D eigenvalue weighted by atomic mass is 15.1. The fourth-order valence-electron chi connectivity index (χ4n) is 5.20. The molecule has 4 aromatic rings. The van der Waals surface area contributed by atoms with Gasteiger partial charge in [0.1, 0.15) is 0 Å². The molecule has 2 nitrogen and oxygen atoms in total. The van der Waals surface area contributed by atoms with Gasteiger partial charge < -0.3 is 4.90 Å². The number of hydrogen-bond acceptors (Lipinski definition) is 2. The van der Waals surface area contributed by atoms with Crippen molar-refractivity contribution in [2.75, 3.05) is 19.0 Å². The van der Waals surface area contributed by atoms with Crippen LogP contribution in [0, 0.1) is 26.2 Å². The molecule has 1 aliphatic carbocycles. The standard InChI is InChI=1S/C33H32N2/c1-21-15-17-27(23(3)22(21)2)33(34)31-20-26(35(4)5)16-18-29(31)32-28-14-10-9-13-25(28)19-30(32)24-11-7-6-8-12-24/h6-20,32,34H,1-5H3. The van der Waals surface area contributed by atoms with Crippen molar-refractivity contribution in [1.29, 1.82) is 5.41 Å². The summed E-state index contributed by atoms with van der Waals surface area (Å²) in [6.07, 6.45) is 2.32. The summed E-state index contributed by atoms with van der Waals surface area (Å²) in [4.78, 5) is 2.12. The minimum Gasteiger partial charge on any atom is -0.378 e. The number of hydrogen-bond donors (Lipinski definition) is 1. The highest BCUT2D eigenvalue weighted by Gasteiger charge is 2.30. The SMILES string of the molecule is Cc1ccc(C(=N)c2cc(N(C)C)ccc2C2C(c3ccccc3)=Cc3ccccc32)c(C)c1C. The normalized spacial score (nSPS) is 14.4. The first-order valence-electron chi connectivity index (χ1n) is 12.2. The van der Waals surface area contributed by atoms with Gasteiger partial charge in [-0.25, -0.2) is 0 Å². The quantitative estimate of drug-likeness (QED) is 0.305. The van der Waals surface area contributed by atoms with Gasteiger partial charge >= 0.3 is 0 Å². The van der Waals surface area contributed by atoms with Crippen LogP contribution in [0.4, 0.5) is 5.69 Å². The van der Waals surface area contributed by atoms with E-state index in [4.69, 9.17) is 0 Å². The molecule has 0 amide bonds. The summed E-state index contributed by atoms with van der Waals surface area (Å²) in [5.74, 6) is 0.0759. The Morgan fingerprint density at radius 2 is 1.43 bits per heavy atom. The van der Waals surface area contributed by atoms with E-state index < -0.39 is 0 Å². The molecule has 0 fully saturated rings. The first kappa shape index (κ1) is 22.9. The van der Waals surface area contributed by atoms with E-state index in [-0.39, 0.29) is 5.92 Å². The molecule has 1 aliphatic rings. The molecule has 1 unspecified atom stereocenters. The highest BCUT2D eigenvalue weighted by molar-refractivity contribution is 6.14. The van der Waals surface area contributed by atoms with Gasteiger partial charge in [-0.05, 0) is 83.5 Å². The summed E-state index contributed by atoms with van der Waals surface area (Å²) >= 11 is 0. The third kappa shape index (κ3) is 4.00. The van der Waals surface area contributed by atoms with Crippen molar-refractivity contribution in [2.45, 2.75) is 26.7 Å². The number of aryl methyl sites for hydroxylation is 1. The summed E-state index contributed by atoms with van der Waals surface area (Å²) in [5, 5.41) is 9.44. The van der Waals surface area contributed by atoms with E-state index in [0.29, 0.717) is 5.71 Å². The van der Waals surface area contributed by atoms with E-state index in [1.165, 1.54) is 44.5 Å². The zero-order valence-electron chi connectivity index (χ0n) is 21.2. The molecule has 174 valence electrons. The molecule has 5 rings (SSSR count). The summed E-state index contributed by atoms with van der Waals surface area (Å²) in [6, 6.07) is 30.2. The lowest BCUT2D eigenvalue weighted by Crippen LogP contribution is -2.15. The van der Waals surface area contributed by atoms with Gasteiger partial charge in [0.25, 0.3) is 0 Å². The van der Waals surface area contributed by atoms with E-state index in [1.54, 1.807) is 0 Å². The largest absolute Gasteiger partial charge is 0.378 e. The van der Waals surface area contributed by atoms with Crippen LogP contribution < -0.4 is 4.90 Å². The zero-order valence-corrected chi connectivity index (χ0v) is 21.2. The Hall–Kier alpha value is -3.91. The van der Waals surface area contributed by atoms with Crippen LogP contribution in [0.25, 0.3) is 11.6 Å². The fourth-order valence-corrected chi connectivity index (χ4v) is 5.20. The van der Waals surface area contributed by atoms with Crippen LogP contribution in [-0.2, 0) is 0 Å². The van der Waals surface area contributed by atoms with E-state index >= 15 is 0 Å². The van der Waals surface area contributed by atoms with Crippen molar-refractivity contribution in [2.24, 2.45) is 0 Å². The Morgan fingerprint density at radius 3 is 2.17 bits per heavy atom. The lowest BCUT2D eigenvalue weighted by Gasteiger charge is -2.24. The molecule has 0 aromatic heterocycles. The van der Waals surface area contributed by atoms with Crippen LogP contribution in [0.3, 0.4) is 0 Å². The first-order chi connectivity index (χ1) is 16.9. The molecule has 1 N–H and O–H groups in total. The van der Waals surface area contributed by atoms with Crippen LogP contribution in [0.2, 0.25) is 0 Å². The minimum absolute atomic E-state index is 0.0759. The second kappa shape index (κ2) is 9.03. The van der Waals surface area contributed by atoms with Crippen LogP contribution in [0.1, 0.15) is 56.0 Å². The lowest BCUT2D eigenvalue weighted by atomic mass is 9.80. The second-order valence-electron chi connectivity index (χ2n) is 9.75. The molecule has 0 aliphatic heterocycles. The van der Waals surface area contributed by atoms with Crippen LogP contribution in [0.5, 0.6) is 0 Å². The number of fused-ring (bicyclic) bond motifs is 1. The van der Waals surface area contributed by atoms with Crippen molar-refractivity contribution in [1.82, 2.24) is 0 Å². The summed E-state index contributed by atoms with van der Waals surface area (Å²) < 4.78 is 0. The van der Waals surface area contributed by atoms with Gasteiger partial charge in [0.05, 0.1) is 5.71 Å². The number of nitrogens with zero attached hydrogens (tertiary/aromatic N) is 1. The van der Waals surface area contributed by atoms with E-state index in [1.807, 2.05) is 0 Å². The van der Waals surface area contributed by atoms with Crippen molar-refractivity contribution >= 4 is 23.0 Å². The van der Waals surface area contributed by atoms with Gasteiger partial charge in [0.2, 0.25) is 0 Å². The maximum atomic E-state index is 9.44. The van der Waals surface area contributed by atoms with Crippen molar-refractivity contribution in [3.05, 3.63) is 135 Å². The van der Waals surface area contributed by atoms with Gasteiger partial charge in [0, 0.05) is 36.8 Å². The first-order valence-corrected chi connectivity index (χ1v) is 12.2. The van der Waals surface area contributed by atoms with Gasteiger partial charge in [-0.15, -0.1) is 0 Å². The number of nitrogens with one attached hydrogen (secondary N) is 1. The maximum Gasteiger partial charge on any atom is 0.0691 e. The van der Waals surface area contributed by atoms with E-state index in [0.717, 1.165) is 16.8 Å². The molecule has 0 saturated heterocycles. The van der Waals surface area contributed by atoms with Gasteiger partial charge in [-0.3, -0.25) is 5.41 Å². The van der Waals surface area contributed by atoms with Gasteiger partial charge in [-0.2, -0.15) is 0 Å². The summed E-state index contributed by atoms with van der Waals surface area (Å²) in [6.45, 7) is 6.43. The second-order valence-corrected chi connectivity index (χ2v) is 9.75. The zero-order chi connectivity index (χ0) is 24.7. The lowest BCUT2D eigenvalue weighted by molar-refractivity contribution is 1.05. The molecular formula is C33H32N2. The number of rotatable bonds is 5. The Labute approximate surface area is 209 Å². The average Bonchev–Trinajstić information content (AvgIpc) is 3.26. The van der Waals surface area contributed by atoms with Gasteiger partial charge in [-0.1, -0.05) is 72.8 Å². The van der Waals surface area contributed by atoms with E-state index in [9.17, 15) is 5.41 Å². The van der Waals surface area contributed by atoms with Crippen LogP contribution >= 0.6 is 0 Å². The number of allylic oxidation sites excluding steroid dienone is 1. The Bertz CT molecular complexity index is 1460. The van der Waals surface area contributed by atoms with Gasteiger partial charge in [0.15, 0.2) is 0 Å². The third-order valence-corrected chi connectivity index (χ3v) is 7.50. The third-order valence-electron chi connectivity index (χ3n) is 7.50. The Balaban J connectivity index is 1.74. The van der Waals surface area contributed by atoms with Crippen LogP contribution in [0.15, 0.2) is 84.9 Å². The van der Waals surface area contributed by atoms with Crippen LogP contribution in [-0.4, -0.2) is 19.8 Å². The smallest absolute Gasteiger partial charge is 0.0691 e. The topological polar surface area (TPSA) is 27.1 Å². The molecule has 0 saturated carbocycles. The summed E-state index contributed by atoms with van der Waals surface area (Å²) in [7, 11) is 4.12. The molecule has 1 atom stereocenters. The molecule has 2 heteroatoms. The average molecular weight is 457 g/mol. The molecule has 4 aromatic carbocycles. The molecular weight excluding hydrogens is 424 g/mol. The minimum atomic E-state index is 0.0759.